The molecule has 0 N–H and O–H groups in total. The average molecular weight is 494 g/mol. The number of rotatable bonds is 8. The van der Waals surface area contributed by atoms with Crippen LogP contribution in [0.3, 0.4) is 0 Å². The lowest BCUT2D eigenvalue weighted by atomic mass is 10.0. The molecule has 0 aliphatic rings. The Labute approximate surface area is 204 Å². The molecule has 0 aliphatic heterocycles. The number of para-hydroxylation sites is 1. The Balaban J connectivity index is 1.63. The number of hydrogen-bond acceptors (Lipinski definition) is 6. The molecule has 2 aromatic carbocycles. The first-order valence-electron chi connectivity index (χ1n) is 11.1. The number of carbonyl (C=O) groups excluding carboxylic acids is 1. The number of sulfone groups is 1. The van der Waals surface area contributed by atoms with Crippen molar-refractivity contribution in [2.75, 3.05) is 10.7 Å². The van der Waals surface area contributed by atoms with Gasteiger partial charge >= 0.3 is 0 Å². The van der Waals surface area contributed by atoms with Crippen LogP contribution in [0, 0.1) is 6.92 Å². The molecular formula is C26H27N3O3S2. The van der Waals surface area contributed by atoms with Crippen molar-refractivity contribution in [1.29, 1.82) is 0 Å². The highest BCUT2D eigenvalue weighted by atomic mass is 32.2. The third-order valence-electron chi connectivity index (χ3n) is 5.60. The van der Waals surface area contributed by atoms with E-state index in [2.05, 4.69) is 24.9 Å². The minimum absolute atomic E-state index is 0.143. The van der Waals surface area contributed by atoms with Gasteiger partial charge in [-0.1, -0.05) is 61.1 Å². The third-order valence-corrected chi connectivity index (χ3v) is 8.38. The van der Waals surface area contributed by atoms with Gasteiger partial charge in [-0.15, -0.1) is 0 Å². The Kier molecular flexibility index (Phi) is 7.09. The van der Waals surface area contributed by atoms with Crippen LogP contribution in [0.1, 0.15) is 43.0 Å². The van der Waals surface area contributed by atoms with Crippen LogP contribution in [-0.2, 0) is 21.2 Å². The largest absolute Gasteiger partial charge is 0.282 e. The topological polar surface area (TPSA) is 80.2 Å². The molecule has 2 heterocycles. The van der Waals surface area contributed by atoms with Gasteiger partial charge in [0.25, 0.3) is 0 Å². The van der Waals surface area contributed by atoms with Crippen molar-refractivity contribution in [1.82, 2.24) is 9.97 Å². The minimum atomic E-state index is -3.58. The second-order valence-electron chi connectivity index (χ2n) is 8.53. The standard InChI is InChI=1S/C26H27N3O3S2/c1-18(2)22-8-6-9-23-25(22)28-26(33-23)29(17-20-7-4-5-15-27-20)24(30)14-16-34(31,32)21-12-10-19(3)11-13-21/h4-13,15,18H,14,16-17H2,1-3H3. The van der Waals surface area contributed by atoms with E-state index in [1.165, 1.54) is 11.3 Å². The van der Waals surface area contributed by atoms with E-state index in [9.17, 15) is 13.2 Å². The highest BCUT2D eigenvalue weighted by molar-refractivity contribution is 7.91. The molecule has 0 atom stereocenters. The molecule has 4 aromatic rings. The first-order valence-corrected chi connectivity index (χ1v) is 13.6. The zero-order chi connectivity index (χ0) is 24.3. The summed E-state index contributed by atoms with van der Waals surface area (Å²) in [7, 11) is -3.58. The van der Waals surface area contributed by atoms with Gasteiger partial charge in [-0.25, -0.2) is 13.4 Å². The Morgan fingerprint density at radius 3 is 2.47 bits per heavy atom. The summed E-state index contributed by atoms with van der Waals surface area (Å²) in [4.78, 5) is 24.3. The fourth-order valence-corrected chi connectivity index (χ4v) is 5.92. The van der Waals surface area contributed by atoms with Crippen molar-refractivity contribution in [3.05, 3.63) is 83.7 Å². The van der Waals surface area contributed by atoms with Crippen molar-refractivity contribution >= 4 is 42.4 Å². The molecule has 0 aliphatic carbocycles. The molecular weight excluding hydrogens is 466 g/mol. The van der Waals surface area contributed by atoms with Crippen LogP contribution in [-0.4, -0.2) is 30.0 Å². The van der Waals surface area contributed by atoms with Crippen molar-refractivity contribution in [2.45, 2.75) is 44.6 Å². The van der Waals surface area contributed by atoms with Crippen LogP contribution in [0.15, 0.2) is 71.8 Å². The third kappa shape index (κ3) is 5.34. The van der Waals surface area contributed by atoms with Gasteiger partial charge in [-0.05, 0) is 48.7 Å². The molecule has 176 valence electrons. The zero-order valence-corrected chi connectivity index (χ0v) is 21.1. The number of aromatic nitrogens is 2. The number of fused-ring (bicyclic) bond motifs is 1. The van der Waals surface area contributed by atoms with E-state index in [1.54, 1.807) is 35.4 Å². The molecule has 0 fully saturated rings. The minimum Gasteiger partial charge on any atom is -0.282 e. The number of pyridine rings is 1. The molecule has 4 rings (SSSR count). The van der Waals surface area contributed by atoms with Crippen LogP contribution in [0.2, 0.25) is 0 Å². The Hall–Kier alpha value is -3.10. The monoisotopic (exact) mass is 493 g/mol. The van der Waals surface area contributed by atoms with Crippen molar-refractivity contribution in [3.63, 3.8) is 0 Å². The molecule has 0 unspecified atom stereocenters. The van der Waals surface area contributed by atoms with Gasteiger partial charge in [0, 0.05) is 12.6 Å². The summed E-state index contributed by atoms with van der Waals surface area (Å²) in [5.41, 5.74) is 3.68. The van der Waals surface area contributed by atoms with Gasteiger partial charge in [0.15, 0.2) is 15.0 Å². The smallest absolute Gasteiger partial charge is 0.230 e. The Morgan fingerprint density at radius 1 is 1.03 bits per heavy atom. The van der Waals surface area contributed by atoms with E-state index in [0.29, 0.717) is 16.7 Å². The molecule has 34 heavy (non-hydrogen) atoms. The van der Waals surface area contributed by atoms with E-state index < -0.39 is 9.84 Å². The predicted molar refractivity (Wildman–Crippen MR) is 137 cm³/mol. The van der Waals surface area contributed by atoms with Gasteiger partial charge in [0.1, 0.15) is 0 Å². The van der Waals surface area contributed by atoms with Gasteiger partial charge < -0.3 is 0 Å². The normalized spacial score (nSPS) is 11.8. The highest BCUT2D eigenvalue weighted by Crippen LogP contribution is 2.34. The summed E-state index contributed by atoms with van der Waals surface area (Å²) < 4.78 is 26.7. The van der Waals surface area contributed by atoms with E-state index in [0.717, 1.165) is 21.3 Å². The second-order valence-corrected chi connectivity index (χ2v) is 11.6. The number of hydrogen-bond donors (Lipinski definition) is 0. The number of amides is 1. The second kappa shape index (κ2) is 10.0. The van der Waals surface area contributed by atoms with Crippen molar-refractivity contribution < 1.29 is 13.2 Å². The number of anilines is 1. The van der Waals surface area contributed by atoms with Crippen LogP contribution in [0.25, 0.3) is 10.2 Å². The molecule has 0 radical (unpaired) electrons. The first kappa shape index (κ1) is 24.0. The maximum atomic E-state index is 13.4. The lowest BCUT2D eigenvalue weighted by Gasteiger charge is -2.19. The van der Waals surface area contributed by atoms with Crippen LogP contribution < -0.4 is 4.90 Å². The van der Waals surface area contributed by atoms with Gasteiger partial charge in [-0.3, -0.25) is 14.7 Å². The SMILES string of the molecule is Cc1ccc(S(=O)(=O)CCC(=O)N(Cc2ccccn2)c2nc3c(C(C)C)cccc3s2)cc1. The fraction of sp³-hybridized carbons (Fsp3) is 0.269. The summed E-state index contributed by atoms with van der Waals surface area (Å²) in [6, 6.07) is 18.3. The predicted octanol–water partition coefficient (Wildman–Crippen LogP) is 5.52. The van der Waals surface area contributed by atoms with Crippen LogP contribution in [0.4, 0.5) is 5.13 Å². The van der Waals surface area contributed by atoms with E-state index in [4.69, 9.17) is 4.98 Å². The number of carbonyl (C=O) groups is 1. The lowest BCUT2D eigenvalue weighted by Crippen LogP contribution is -2.32. The molecule has 0 bridgehead atoms. The summed E-state index contributed by atoms with van der Waals surface area (Å²) in [5, 5.41) is 0.548. The van der Waals surface area contributed by atoms with E-state index >= 15 is 0 Å². The summed E-state index contributed by atoms with van der Waals surface area (Å²) in [6.07, 6.45) is 1.53. The first-order chi connectivity index (χ1) is 16.2. The molecule has 8 heteroatoms. The molecule has 2 aromatic heterocycles. The van der Waals surface area contributed by atoms with E-state index in [1.807, 2.05) is 37.3 Å². The Bertz CT molecular complexity index is 1400. The van der Waals surface area contributed by atoms with Gasteiger partial charge in [0.2, 0.25) is 5.91 Å². The van der Waals surface area contributed by atoms with E-state index in [-0.39, 0.29) is 29.5 Å². The molecule has 1 amide bonds. The summed E-state index contributed by atoms with van der Waals surface area (Å²) in [6.45, 7) is 6.35. The number of benzene rings is 2. The quantitative estimate of drug-likeness (QED) is 0.323. The fourth-order valence-electron chi connectivity index (χ4n) is 3.68. The molecule has 0 saturated carbocycles. The van der Waals surface area contributed by atoms with Gasteiger partial charge in [-0.2, -0.15) is 0 Å². The van der Waals surface area contributed by atoms with Crippen LogP contribution in [0.5, 0.6) is 0 Å². The number of nitrogens with zero attached hydrogens (tertiary/aromatic N) is 3. The average Bonchev–Trinajstić information content (AvgIpc) is 3.26. The molecule has 6 nitrogen and oxygen atoms in total. The van der Waals surface area contributed by atoms with Gasteiger partial charge in [0.05, 0.1) is 33.1 Å². The van der Waals surface area contributed by atoms with Crippen LogP contribution >= 0.6 is 11.3 Å². The maximum absolute atomic E-state index is 13.4. The Morgan fingerprint density at radius 2 is 1.79 bits per heavy atom. The molecule has 0 saturated heterocycles. The highest BCUT2D eigenvalue weighted by Gasteiger charge is 2.24. The van der Waals surface area contributed by atoms with Crippen molar-refractivity contribution in [2.24, 2.45) is 0 Å². The number of aryl methyl sites for hydroxylation is 1. The lowest BCUT2D eigenvalue weighted by molar-refractivity contribution is -0.118. The summed E-state index contributed by atoms with van der Waals surface area (Å²) in [5.74, 6) is -0.278. The summed E-state index contributed by atoms with van der Waals surface area (Å²) >= 11 is 1.43. The molecule has 0 spiro atoms. The maximum Gasteiger partial charge on any atom is 0.230 e. The van der Waals surface area contributed by atoms with Crippen molar-refractivity contribution in [3.8, 4) is 0 Å². The number of thiazole rings is 1. The zero-order valence-electron chi connectivity index (χ0n) is 19.4.